The number of amides is 1. The van der Waals surface area contributed by atoms with Crippen LogP contribution in [-0.4, -0.2) is 29.9 Å². The van der Waals surface area contributed by atoms with E-state index in [9.17, 15) is 4.79 Å². The largest absolute Gasteiger partial charge is 0.339 e. The van der Waals surface area contributed by atoms with Gasteiger partial charge in [-0.3, -0.25) is 4.79 Å². The topological polar surface area (TPSA) is 46.3 Å². The SMILES string of the molecule is CC(N)C1CCN(C(=O)c2ccsc2)CC1.Cl. The van der Waals surface area contributed by atoms with Crippen molar-refractivity contribution < 1.29 is 4.79 Å². The number of hydrogen-bond acceptors (Lipinski definition) is 3. The predicted octanol–water partition coefficient (Wildman–Crippen LogP) is 2.37. The van der Waals surface area contributed by atoms with E-state index >= 15 is 0 Å². The van der Waals surface area contributed by atoms with Crippen molar-refractivity contribution in [3.05, 3.63) is 22.4 Å². The second-order valence-corrected chi connectivity index (χ2v) is 5.28. The van der Waals surface area contributed by atoms with Crippen LogP contribution in [0, 0.1) is 5.92 Å². The average Bonchev–Trinajstić information content (AvgIpc) is 2.81. The number of nitrogens with zero attached hydrogens (tertiary/aromatic N) is 1. The van der Waals surface area contributed by atoms with Gasteiger partial charge in [-0.25, -0.2) is 0 Å². The number of carbonyl (C=O) groups is 1. The molecule has 1 aromatic heterocycles. The Morgan fingerprint density at radius 3 is 2.65 bits per heavy atom. The third-order valence-corrected chi connectivity index (χ3v) is 4.02. The first kappa shape index (κ1) is 14.5. The van der Waals surface area contributed by atoms with Gasteiger partial charge in [-0.15, -0.1) is 12.4 Å². The highest BCUT2D eigenvalue weighted by Gasteiger charge is 2.25. The molecule has 96 valence electrons. The monoisotopic (exact) mass is 274 g/mol. The number of halogens is 1. The van der Waals surface area contributed by atoms with Crippen molar-refractivity contribution in [3.8, 4) is 0 Å². The van der Waals surface area contributed by atoms with E-state index in [2.05, 4.69) is 6.92 Å². The summed E-state index contributed by atoms with van der Waals surface area (Å²) < 4.78 is 0. The zero-order valence-corrected chi connectivity index (χ0v) is 11.6. The van der Waals surface area contributed by atoms with Crippen LogP contribution in [0.5, 0.6) is 0 Å². The first-order valence-electron chi connectivity index (χ1n) is 5.75. The van der Waals surface area contributed by atoms with Gasteiger partial charge in [0.05, 0.1) is 5.56 Å². The van der Waals surface area contributed by atoms with Gasteiger partial charge in [0, 0.05) is 24.5 Å². The maximum Gasteiger partial charge on any atom is 0.254 e. The van der Waals surface area contributed by atoms with E-state index in [1.165, 1.54) is 0 Å². The molecule has 0 saturated carbocycles. The molecule has 1 aliphatic rings. The van der Waals surface area contributed by atoms with Gasteiger partial charge in [0.25, 0.3) is 5.91 Å². The third kappa shape index (κ3) is 3.44. The lowest BCUT2D eigenvalue weighted by Crippen LogP contribution is -2.42. The molecule has 1 aromatic rings. The molecule has 2 heterocycles. The fraction of sp³-hybridized carbons (Fsp3) is 0.583. The highest BCUT2D eigenvalue weighted by molar-refractivity contribution is 7.08. The van der Waals surface area contributed by atoms with Crippen molar-refractivity contribution >= 4 is 29.7 Å². The van der Waals surface area contributed by atoms with E-state index < -0.39 is 0 Å². The maximum atomic E-state index is 12.0. The average molecular weight is 275 g/mol. The molecular weight excluding hydrogens is 256 g/mol. The van der Waals surface area contributed by atoms with E-state index in [-0.39, 0.29) is 24.4 Å². The number of piperidine rings is 1. The molecule has 0 spiro atoms. The third-order valence-electron chi connectivity index (χ3n) is 3.34. The summed E-state index contributed by atoms with van der Waals surface area (Å²) >= 11 is 1.57. The molecule has 1 aliphatic heterocycles. The van der Waals surface area contributed by atoms with Gasteiger partial charge < -0.3 is 10.6 Å². The van der Waals surface area contributed by atoms with Gasteiger partial charge in [0.15, 0.2) is 0 Å². The first-order chi connectivity index (χ1) is 7.68. The molecule has 2 rings (SSSR count). The highest BCUT2D eigenvalue weighted by Crippen LogP contribution is 2.21. The molecule has 0 aromatic carbocycles. The van der Waals surface area contributed by atoms with E-state index in [1.807, 2.05) is 21.7 Å². The molecule has 3 nitrogen and oxygen atoms in total. The van der Waals surface area contributed by atoms with E-state index in [0.29, 0.717) is 5.92 Å². The molecule has 0 bridgehead atoms. The van der Waals surface area contributed by atoms with Gasteiger partial charge in [-0.2, -0.15) is 11.3 Å². The van der Waals surface area contributed by atoms with Crippen LogP contribution in [-0.2, 0) is 0 Å². The number of thiophene rings is 1. The van der Waals surface area contributed by atoms with E-state index in [1.54, 1.807) is 11.3 Å². The summed E-state index contributed by atoms with van der Waals surface area (Å²) in [5, 5.41) is 3.86. The number of nitrogens with two attached hydrogens (primary N) is 1. The lowest BCUT2D eigenvalue weighted by Gasteiger charge is -2.33. The molecule has 2 N–H and O–H groups in total. The minimum Gasteiger partial charge on any atom is -0.339 e. The Morgan fingerprint density at radius 2 is 2.18 bits per heavy atom. The van der Waals surface area contributed by atoms with Crippen LogP contribution < -0.4 is 5.73 Å². The quantitative estimate of drug-likeness (QED) is 0.900. The Labute approximate surface area is 112 Å². The Hall–Kier alpha value is -0.580. The molecule has 17 heavy (non-hydrogen) atoms. The number of carbonyl (C=O) groups excluding carboxylic acids is 1. The Kier molecular flexibility index (Phi) is 5.43. The highest BCUT2D eigenvalue weighted by atomic mass is 35.5. The van der Waals surface area contributed by atoms with Crippen molar-refractivity contribution in [1.82, 2.24) is 4.90 Å². The predicted molar refractivity (Wildman–Crippen MR) is 73.8 cm³/mol. The summed E-state index contributed by atoms with van der Waals surface area (Å²) in [5.74, 6) is 0.746. The van der Waals surface area contributed by atoms with Crippen molar-refractivity contribution in [2.45, 2.75) is 25.8 Å². The second kappa shape index (κ2) is 6.38. The van der Waals surface area contributed by atoms with Crippen molar-refractivity contribution in [2.24, 2.45) is 11.7 Å². The molecular formula is C12H19ClN2OS. The Morgan fingerprint density at radius 1 is 1.53 bits per heavy atom. The second-order valence-electron chi connectivity index (χ2n) is 4.50. The van der Waals surface area contributed by atoms with Crippen LogP contribution in [0.2, 0.25) is 0 Å². The molecule has 1 unspecified atom stereocenters. The summed E-state index contributed by atoms with van der Waals surface area (Å²) in [6, 6.07) is 2.14. The zero-order chi connectivity index (χ0) is 11.5. The number of hydrogen-bond donors (Lipinski definition) is 1. The fourth-order valence-corrected chi connectivity index (χ4v) is 2.83. The lowest BCUT2D eigenvalue weighted by atomic mass is 9.91. The molecule has 0 radical (unpaired) electrons. The zero-order valence-electron chi connectivity index (χ0n) is 9.96. The maximum absolute atomic E-state index is 12.0. The van der Waals surface area contributed by atoms with E-state index in [4.69, 9.17) is 5.73 Å². The normalized spacial score (nSPS) is 18.6. The molecule has 0 aliphatic carbocycles. The summed E-state index contributed by atoms with van der Waals surface area (Å²) in [5.41, 5.74) is 6.70. The lowest BCUT2D eigenvalue weighted by molar-refractivity contribution is 0.0681. The minimum atomic E-state index is 0. The first-order valence-corrected chi connectivity index (χ1v) is 6.70. The standard InChI is InChI=1S/C12H18N2OS.ClH/c1-9(13)10-2-5-14(6-3-10)12(15)11-4-7-16-8-11;/h4,7-10H,2-3,5-6,13H2,1H3;1H. The smallest absolute Gasteiger partial charge is 0.254 e. The van der Waals surface area contributed by atoms with E-state index in [0.717, 1.165) is 31.5 Å². The molecule has 1 saturated heterocycles. The van der Waals surface area contributed by atoms with Crippen LogP contribution in [0.3, 0.4) is 0 Å². The molecule has 5 heteroatoms. The van der Waals surface area contributed by atoms with Gasteiger partial charge in [0.1, 0.15) is 0 Å². The molecule has 1 atom stereocenters. The Balaban J connectivity index is 0.00000144. The van der Waals surface area contributed by atoms with Crippen LogP contribution in [0.25, 0.3) is 0 Å². The van der Waals surface area contributed by atoms with Crippen LogP contribution in [0.15, 0.2) is 16.8 Å². The molecule has 1 fully saturated rings. The summed E-state index contributed by atoms with van der Waals surface area (Å²) in [4.78, 5) is 14.0. The van der Waals surface area contributed by atoms with Crippen molar-refractivity contribution in [3.63, 3.8) is 0 Å². The summed E-state index contributed by atoms with van der Waals surface area (Å²) in [6.45, 7) is 3.75. The van der Waals surface area contributed by atoms with Gasteiger partial charge in [0.2, 0.25) is 0 Å². The Bertz CT molecular complexity index is 345. The van der Waals surface area contributed by atoms with Crippen molar-refractivity contribution in [1.29, 1.82) is 0 Å². The fourth-order valence-electron chi connectivity index (χ4n) is 2.20. The summed E-state index contributed by atoms with van der Waals surface area (Å²) in [6.07, 6.45) is 2.07. The van der Waals surface area contributed by atoms with Gasteiger partial charge >= 0.3 is 0 Å². The van der Waals surface area contributed by atoms with Gasteiger partial charge in [-0.05, 0) is 37.1 Å². The van der Waals surface area contributed by atoms with Gasteiger partial charge in [-0.1, -0.05) is 0 Å². The number of likely N-dealkylation sites (tertiary alicyclic amines) is 1. The van der Waals surface area contributed by atoms with Crippen LogP contribution in [0.1, 0.15) is 30.1 Å². The minimum absolute atomic E-state index is 0. The molecule has 1 amide bonds. The van der Waals surface area contributed by atoms with Crippen LogP contribution >= 0.6 is 23.7 Å². The van der Waals surface area contributed by atoms with Crippen molar-refractivity contribution in [2.75, 3.05) is 13.1 Å². The van der Waals surface area contributed by atoms with Crippen LogP contribution in [0.4, 0.5) is 0 Å². The number of rotatable bonds is 2. The summed E-state index contributed by atoms with van der Waals surface area (Å²) in [7, 11) is 0.